The molecule has 22 heavy (non-hydrogen) atoms. The number of hydrogen-bond donors (Lipinski definition) is 1. The van der Waals surface area contributed by atoms with Crippen LogP contribution in [0.4, 0.5) is 5.82 Å². The lowest BCUT2D eigenvalue weighted by Crippen LogP contribution is -2.20. The van der Waals surface area contributed by atoms with Crippen LogP contribution in [0.25, 0.3) is 10.2 Å². The molecule has 0 radical (unpaired) electrons. The summed E-state index contributed by atoms with van der Waals surface area (Å²) in [4.78, 5) is 19.2. The van der Waals surface area contributed by atoms with Crippen LogP contribution in [-0.2, 0) is 13.0 Å². The van der Waals surface area contributed by atoms with Crippen LogP contribution in [0.5, 0.6) is 5.75 Å². The summed E-state index contributed by atoms with van der Waals surface area (Å²) in [6, 6.07) is 9.98. The second kappa shape index (κ2) is 5.18. The number of pyridine rings is 1. The van der Waals surface area contributed by atoms with Crippen LogP contribution < -0.4 is 15.1 Å². The fraction of sp³-hybridized carbons (Fsp3) is 0.235. The van der Waals surface area contributed by atoms with Crippen molar-refractivity contribution in [3.05, 3.63) is 57.1 Å². The van der Waals surface area contributed by atoms with E-state index in [1.807, 2.05) is 23.6 Å². The number of aromatic nitrogens is 1. The average molecular weight is 312 g/mol. The Labute approximate surface area is 132 Å². The highest BCUT2D eigenvalue weighted by atomic mass is 32.1. The predicted octanol–water partition coefficient (Wildman–Crippen LogP) is 3.16. The molecule has 0 unspecified atom stereocenters. The lowest BCUT2D eigenvalue weighted by molar-refractivity contribution is 0.414. The van der Waals surface area contributed by atoms with Gasteiger partial charge in [0.05, 0.1) is 12.5 Å². The minimum atomic E-state index is 0.183. The van der Waals surface area contributed by atoms with Gasteiger partial charge >= 0.3 is 0 Å². The number of benzene rings is 1. The SMILES string of the molecule is COc1ccc(CN2CCc3c2[nH]c2sccc2c3=O)cc1. The van der Waals surface area contributed by atoms with Crippen LogP contribution in [0.2, 0.25) is 0 Å². The molecule has 1 N–H and O–H groups in total. The van der Waals surface area contributed by atoms with Crippen molar-refractivity contribution in [2.24, 2.45) is 0 Å². The normalized spacial score (nSPS) is 13.6. The molecule has 0 aliphatic carbocycles. The van der Waals surface area contributed by atoms with Gasteiger partial charge < -0.3 is 14.6 Å². The molecule has 0 atom stereocenters. The molecule has 0 amide bonds. The van der Waals surface area contributed by atoms with E-state index in [4.69, 9.17) is 4.74 Å². The maximum Gasteiger partial charge on any atom is 0.195 e. The molecule has 112 valence electrons. The van der Waals surface area contributed by atoms with E-state index in [1.165, 1.54) is 5.56 Å². The van der Waals surface area contributed by atoms with Crippen LogP contribution in [-0.4, -0.2) is 18.6 Å². The summed E-state index contributed by atoms with van der Waals surface area (Å²) in [7, 11) is 1.67. The van der Waals surface area contributed by atoms with Gasteiger partial charge in [0.1, 0.15) is 16.4 Å². The van der Waals surface area contributed by atoms with Crippen molar-refractivity contribution in [3.8, 4) is 5.75 Å². The molecule has 4 rings (SSSR count). The molecule has 3 heterocycles. The summed E-state index contributed by atoms with van der Waals surface area (Å²) in [5, 5.41) is 2.78. The molecule has 0 fully saturated rings. The fourth-order valence-corrected chi connectivity index (χ4v) is 3.79. The van der Waals surface area contributed by atoms with Gasteiger partial charge in [0, 0.05) is 18.7 Å². The number of hydrogen-bond acceptors (Lipinski definition) is 4. The van der Waals surface area contributed by atoms with Gasteiger partial charge in [-0.15, -0.1) is 11.3 Å². The number of methoxy groups -OCH3 is 1. The summed E-state index contributed by atoms with van der Waals surface area (Å²) in [6.45, 7) is 1.67. The standard InChI is InChI=1S/C17H16N2O2S/c1-21-12-4-2-11(3-5-12)10-19-8-6-13-15(20)14-7-9-22-17(14)18-16(13)19/h2-5,7,9H,6,8,10H2,1H3,(H,18,20). The first-order chi connectivity index (χ1) is 10.8. The third-order valence-electron chi connectivity index (χ3n) is 4.18. The first kappa shape index (κ1) is 13.4. The second-order valence-corrected chi connectivity index (χ2v) is 6.38. The van der Waals surface area contributed by atoms with Crippen molar-refractivity contribution in [1.82, 2.24) is 4.98 Å². The Hall–Kier alpha value is -2.27. The van der Waals surface area contributed by atoms with Crippen LogP contribution in [0.1, 0.15) is 11.1 Å². The van der Waals surface area contributed by atoms with Crippen LogP contribution in [0.15, 0.2) is 40.5 Å². The Balaban J connectivity index is 1.69. The quantitative estimate of drug-likeness (QED) is 0.808. The van der Waals surface area contributed by atoms with E-state index >= 15 is 0 Å². The van der Waals surface area contributed by atoms with Crippen molar-refractivity contribution in [3.63, 3.8) is 0 Å². The lowest BCUT2D eigenvalue weighted by Gasteiger charge is -2.19. The molecule has 5 heteroatoms. The third kappa shape index (κ3) is 2.09. The number of rotatable bonds is 3. The zero-order valence-corrected chi connectivity index (χ0v) is 13.1. The number of nitrogens with zero attached hydrogens (tertiary/aromatic N) is 1. The topological polar surface area (TPSA) is 45.3 Å². The molecule has 2 aromatic heterocycles. The highest BCUT2D eigenvalue weighted by molar-refractivity contribution is 7.16. The molecular formula is C17H16N2O2S. The zero-order valence-electron chi connectivity index (χ0n) is 12.3. The van der Waals surface area contributed by atoms with Crippen molar-refractivity contribution < 1.29 is 4.74 Å². The van der Waals surface area contributed by atoms with Gasteiger partial charge in [-0.1, -0.05) is 12.1 Å². The lowest BCUT2D eigenvalue weighted by atomic mass is 10.2. The Kier molecular flexibility index (Phi) is 3.15. The van der Waals surface area contributed by atoms with E-state index < -0.39 is 0 Å². The van der Waals surface area contributed by atoms with Gasteiger partial charge in [-0.2, -0.15) is 0 Å². The number of ether oxygens (including phenoxy) is 1. The molecule has 1 aromatic carbocycles. The van der Waals surface area contributed by atoms with E-state index in [1.54, 1.807) is 18.4 Å². The first-order valence-electron chi connectivity index (χ1n) is 7.26. The Morgan fingerprint density at radius 2 is 2.09 bits per heavy atom. The summed E-state index contributed by atoms with van der Waals surface area (Å²) >= 11 is 1.58. The first-order valence-corrected chi connectivity index (χ1v) is 8.14. The maximum atomic E-state index is 12.5. The van der Waals surface area contributed by atoms with Gasteiger partial charge in [0.25, 0.3) is 0 Å². The summed E-state index contributed by atoms with van der Waals surface area (Å²) < 4.78 is 5.19. The highest BCUT2D eigenvalue weighted by Crippen LogP contribution is 2.29. The number of anilines is 1. The number of fused-ring (bicyclic) bond motifs is 2. The van der Waals surface area contributed by atoms with Crippen LogP contribution in [0, 0.1) is 0 Å². The molecule has 0 saturated heterocycles. The van der Waals surface area contributed by atoms with Crippen molar-refractivity contribution in [2.45, 2.75) is 13.0 Å². The molecule has 1 aliphatic rings. The fourth-order valence-electron chi connectivity index (χ4n) is 3.01. The average Bonchev–Trinajstić information content (AvgIpc) is 3.16. The summed E-state index contributed by atoms with van der Waals surface area (Å²) in [5.41, 5.74) is 2.31. The Morgan fingerprint density at radius 3 is 2.86 bits per heavy atom. The number of H-pyrrole nitrogens is 1. The van der Waals surface area contributed by atoms with Gasteiger partial charge in [0.15, 0.2) is 5.43 Å². The summed E-state index contributed by atoms with van der Waals surface area (Å²) in [6.07, 6.45) is 0.812. The van der Waals surface area contributed by atoms with E-state index in [0.717, 1.165) is 46.9 Å². The van der Waals surface area contributed by atoms with Gasteiger partial charge in [-0.3, -0.25) is 4.79 Å². The van der Waals surface area contributed by atoms with Crippen LogP contribution >= 0.6 is 11.3 Å². The molecule has 0 saturated carbocycles. The molecule has 3 aromatic rings. The van der Waals surface area contributed by atoms with Gasteiger partial charge in [0.2, 0.25) is 0 Å². The number of nitrogens with one attached hydrogen (secondary N) is 1. The monoisotopic (exact) mass is 312 g/mol. The zero-order chi connectivity index (χ0) is 15.1. The maximum absolute atomic E-state index is 12.5. The van der Waals surface area contributed by atoms with Crippen molar-refractivity contribution in [2.75, 3.05) is 18.6 Å². The molecule has 1 aliphatic heterocycles. The Bertz CT molecular complexity index is 880. The van der Waals surface area contributed by atoms with Crippen LogP contribution in [0.3, 0.4) is 0 Å². The van der Waals surface area contributed by atoms with Gasteiger partial charge in [-0.05, 0) is 35.6 Å². The Morgan fingerprint density at radius 1 is 1.27 bits per heavy atom. The predicted molar refractivity (Wildman–Crippen MR) is 90.2 cm³/mol. The number of thiophene rings is 1. The second-order valence-electron chi connectivity index (χ2n) is 5.46. The third-order valence-corrected chi connectivity index (χ3v) is 5.01. The molecule has 0 bridgehead atoms. The minimum absolute atomic E-state index is 0.183. The van der Waals surface area contributed by atoms with Crippen molar-refractivity contribution in [1.29, 1.82) is 0 Å². The van der Waals surface area contributed by atoms with E-state index in [-0.39, 0.29) is 5.43 Å². The molecule has 0 spiro atoms. The van der Waals surface area contributed by atoms with E-state index in [0.29, 0.717) is 0 Å². The summed E-state index contributed by atoms with van der Waals surface area (Å²) in [5.74, 6) is 1.84. The van der Waals surface area contributed by atoms with Gasteiger partial charge in [-0.25, -0.2) is 0 Å². The smallest absolute Gasteiger partial charge is 0.195 e. The van der Waals surface area contributed by atoms with E-state index in [2.05, 4.69) is 22.0 Å². The largest absolute Gasteiger partial charge is 0.497 e. The van der Waals surface area contributed by atoms with Crippen molar-refractivity contribution >= 4 is 27.4 Å². The molecular weight excluding hydrogens is 296 g/mol. The minimum Gasteiger partial charge on any atom is -0.497 e. The molecule has 4 nitrogen and oxygen atoms in total. The van der Waals surface area contributed by atoms with E-state index in [9.17, 15) is 4.79 Å². The number of aromatic amines is 1. The highest BCUT2D eigenvalue weighted by Gasteiger charge is 2.24.